The average Bonchev–Trinajstić information content (AvgIpc) is 2.70. The lowest BCUT2D eigenvalue weighted by atomic mass is 10.00. The molecule has 0 bridgehead atoms. The van der Waals surface area contributed by atoms with E-state index in [-0.39, 0.29) is 5.91 Å². The minimum absolute atomic E-state index is 0.178. The maximum Gasteiger partial charge on any atom is 0.264 e. The predicted octanol–water partition coefficient (Wildman–Crippen LogP) is 5.05. The van der Waals surface area contributed by atoms with Crippen LogP contribution in [-0.4, -0.2) is 28.7 Å². The number of amides is 1. The first kappa shape index (κ1) is 15.0. The quantitative estimate of drug-likeness (QED) is 0.579. The normalized spacial score (nSPS) is 20.2. The number of alkyl halides is 1. The molecule has 0 N–H and O–H groups in total. The Morgan fingerprint density at radius 1 is 1.44 bits per heavy atom. The molecule has 18 heavy (non-hydrogen) atoms. The lowest BCUT2D eigenvalue weighted by Gasteiger charge is -2.35. The number of carbonyl (C=O) groups is 1. The Hall–Kier alpha value is 0.610. The number of thiophene rings is 1. The molecule has 1 amide bonds. The summed E-state index contributed by atoms with van der Waals surface area (Å²) in [7, 11) is 0. The van der Waals surface area contributed by atoms with Crippen molar-refractivity contribution in [1.82, 2.24) is 4.90 Å². The fraction of sp³-hybridized carbons (Fsp3) is 0.583. The molecule has 0 radical (unpaired) electrons. The molecule has 6 heteroatoms. The van der Waals surface area contributed by atoms with Crippen LogP contribution in [0.3, 0.4) is 0 Å². The molecular formula is C12H14Br3NOS. The second kappa shape index (κ2) is 6.86. The van der Waals surface area contributed by atoms with Gasteiger partial charge in [0.05, 0.1) is 8.66 Å². The van der Waals surface area contributed by atoms with Crippen molar-refractivity contribution in [2.75, 3.05) is 11.9 Å². The summed E-state index contributed by atoms with van der Waals surface area (Å²) in [5.74, 6) is 0.178. The summed E-state index contributed by atoms with van der Waals surface area (Å²) in [6.45, 7) is 0.892. The highest BCUT2D eigenvalue weighted by molar-refractivity contribution is 9.13. The van der Waals surface area contributed by atoms with Gasteiger partial charge >= 0.3 is 0 Å². The first-order valence-electron chi connectivity index (χ1n) is 5.95. The summed E-state index contributed by atoms with van der Waals surface area (Å²) in [6.07, 6.45) is 4.53. The van der Waals surface area contributed by atoms with Crippen LogP contribution in [-0.2, 0) is 0 Å². The maximum atomic E-state index is 12.5. The summed E-state index contributed by atoms with van der Waals surface area (Å²) < 4.78 is 1.95. The highest BCUT2D eigenvalue weighted by atomic mass is 79.9. The number of halogens is 3. The molecule has 100 valence electrons. The van der Waals surface area contributed by atoms with Gasteiger partial charge in [-0.25, -0.2) is 0 Å². The lowest BCUT2D eigenvalue weighted by Crippen LogP contribution is -2.43. The van der Waals surface area contributed by atoms with E-state index in [2.05, 4.69) is 52.7 Å². The number of hydrogen-bond acceptors (Lipinski definition) is 2. The SMILES string of the molecule is O=C(c1cc(Br)c(Br)s1)N1CCCCC1CCBr. The van der Waals surface area contributed by atoms with E-state index in [1.807, 2.05) is 6.07 Å². The molecule has 0 spiro atoms. The van der Waals surface area contributed by atoms with Gasteiger partial charge in [0, 0.05) is 22.4 Å². The molecule has 0 aliphatic carbocycles. The Morgan fingerprint density at radius 3 is 2.83 bits per heavy atom. The Kier molecular flexibility index (Phi) is 5.72. The smallest absolute Gasteiger partial charge is 0.264 e. The van der Waals surface area contributed by atoms with Crippen molar-refractivity contribution in [3.8, 4) is 0 Å². The van der Waals surface area contributed by atoms with Crippen molar-refractivity contribution in [2.45, 2.75) is 31.7 Å². The van der Waals surface area contributed by atoms with Gasteiger partial charge < -0.3 is 4.90 Å². The van der Waals surface area contributed by atoms with Crippen LogP contribution in [0.2, 0.25) is 0 Å². The Morgan fingerprint density at radius 2 is 2.22 bits per heavy atom. The first-order chi connectivity index (χ1) is 8.63. The van der Waals surface area contributed by atoms with Gasteiger partial charge in [-0.15, -0.1) is 11.3 Å². The molecule has 1 aromatic rings. The number of piperidine rings is 1. The number of nitrogens with zero attached hydrogens (tertiary/aromatic N) is 1. The van der Waals surface area contributed by atoms with Crippen LogP contribution >= 0.6 is 59.1 Å². The summed E-state index contributed by atoms with van der Waals surface area (Å²) in [5, 5.41) is 0.958. The highest BCUT2D eigenvalue weighted by Gasteiger charge is 2.28. The topological polar surface area (TPSA) is 20.3 Å². The van der Waals surface area contributed by atoms with E-state index in [1.54, 1.807) is 0 Å². The number of likely N-dealkylation sites (tertiary alicyclic amines) is 1. The van der Waals surface area contributed by atoms with E-state index in [0.717, 1.165) is 44.3 Å². The van der Waals surface area contributed by atoms with Gasteiger partial charge in [-0.3, -0.25) is 4.79 Å². The Labute approximate surface area is 137 Å². The van der Waals surface area contributed by atoms with Crippen LogP contribution in [0.4, 0.5) is 0 Å². The van der Waals surface area contributed by atoms with Crippen molar-refractivity contribution in [2.24, 2.45) is 0 Å². The van der Waals surface area contributed by atoms with E-state index in [1.165, 1.54) is 17.8 Å². The van der Waals surface area contributed by atoms with Crippen molar-refractivity contribution >= 4 is 65.0 Å². The Balaban J connectivity index is 2.15. The summed E-state index contributed by atoms with van der Waals surface area (Å²) in [5.41, 5.74) is 0. The standard InChI is InChI=1S/C12H14Br3NOS/c13-5-4-8-3-1-2-6-16(8)12(17)10-7-9(14)11(15)18-10/h7-8H,1-6H2. The molecule has 1 saturated heterocycles. The summed E-state index contributed by atoms with van der Waals surface area (Å²) in [6, 6.07) is 2.31. The first-order valence-corrected chi connectivity index (χ1v) is 9.47. The van der Waals surface area contributed by atoms with Crippen molar-refractivity contribution < 1.29 is 4.79 Å². The van der Waals surface area contributed by atoms with E-state index in [4.69, 9.17) is 0 Å². The third kappa shape index (κ3) is 3.38. The molecule has 1 aromatic heterocycles. The van der Waals surface area contributed by atoms with Gasteiger partial charge in [-0.1, -0.05) is 15.9 Å². The fourth-order valence-corrected chi connectivity index (χ4v) is 4.81. The van der Waals surface area contributed by atoms with E-state index in [0.29, 0.717) is 6.04 Å². The molecule has 0 saturated carbocycles. The third-order valence-electron chi connectivity index (χ3n) is 3.19. The molecule has 0 aromatic carbocycles. The molecule has 1 aliphatic rings. The summed E-state index contributed by atoms with van der Waals surface area (Å²) >= 11 is 11.9. The molecule has 2 rings (SSSR count). The number of rotatable bonds is 3. The predicted molar refractivity (Wildman–Crippen MR) is 86.8 cm³/mol. The fourth-order valence-electron chi connectivity index (χ4n) is 2.29. The minimum Gasteiger partial charge on any atom is -0.335 e. The van der Waals surface area contributed by atoms with E-state index in [9.17, 15) is 4.79 Å². The Bertz CT molecular complexity index is 413. The van der Waals surface area contributed by atoms with Crippen LogP contribution in [0.5, 0.6) is 0 Å². The number of carbonyl (C=O) groups excluding carboxylic acids is 1. The molecule has 1 atom stereocenters. The van der Waals surface area contributed by atoms with Gasteiger partial charge in [0.15, 0.2) is 0 Å². The molecular weight excluding hydrogens is 446 g/mol. The summed E-state index contributed by atoms with van der Waals surface area (Å²) in [4.78, 5) is 15.4. The van der Waals surface area contributed by atoms with Crippen molar-refractivity contribution in [3.05, 3.63) is 19.2 Å². The van der Waals surface area contributed by atoms with Crippen LogP contribution < -0.4 is 0 Å². The molecule has 1 fully saturated rings. The van der Waals surface area contributed by atoms with Gasteiger partial charge in [-0.2, -0.15) is 0 Å². The van der Waals surface area contributed by atoms with Gasteiger partial charge in [0.2, 0.25) is 0 Å². The van der Waals surface area contributed by atoms with Gasteiger partial charge in [0.25, 0.3) is 5.91 Å². The molecule has 1 unspecified atom stereocenters. The lowest BCUT2D eigenvalue weighted by molar-refractivity contribution is 0.0615. The zero-order chi connectivity index (χ0) is 13.1. The minimum atomic E-state index is 0.178. The van der Waals surface area contributed by atoms with Crippen LogP contribution in [0, 0.1) is 0 Å². The van der Waals surface area contributed by atoms with Crippen LogP contribution in [0.15, 0.2) is 14.3 Å². The van der Waals surface area contributed by atoms with Crippen molar-refractivity contribution in [3.63, 3.8) is 0 Å². The molecule has 1 aliphatic heterocycles. The zero-order valence-corrected chi connectivity index (χ0v) is 15.4. The van der Waals surface area contributed by atoms with Crippen LogP contribution in [0.1, 0.15) is 35.4 Å². The molecule has 2 nitrogen and oxygen atoms in total. The van der Waals surface area contributed by atoms with E-state index >= 15 is 0 Å². The average molecular weight is 460 g/mol. The highest BCUT2D eigenvalue weighted by Crippen LogP contribution is 2.34. The largest absolute Gasteiger partial charge is 0.335 e. The number of hydrogen-bond donors (Lipinski definition) is 0. The van der Waals surface area contributed by atoms with E-state index < -0.39 is 0 Å². The monoisotopic (exact) mass is 457 g/mol. The third-order valence-corrected chi connectivity index (χ3v) is 6.89. The second-order valence-corrected chi connectivity index (χ2v) is 8.38. The van der Waals surface area contributed by atoms with Gasteiger partial charge in [0.1, 0.15) is 0 Å². The second-order valence-electron chi connectivity index (χ2n) is 4.36. The zero-order valence-electron chi connectivity index (χ0n) is 9.79. The van der Waals surface area contributed by atoms with Gasteiger partial charge in [-0.05, 0) is 63.6 Å². The van der Waals surface area contributed by atoms with Crippen LogP contribution in [0.25, 0.3) is 0 Å². The van der Waals surface area contributed by atoms with Crippen molar-refractivity contribution in [1.29, 1.82) is 0 Å². The molecule has 2 heterocycles. The maximum absolute atomic E-state index is 12.5.